The monoisotopic (exact) mass is 554 g/mol. The van der Waals surface area contributed by atoms with Crippen LogP contribution in [0.2, 0.25) is 0 Å². The van der Waals surface area contributed by atoms with Crippen LogP contribution in [-0.4, -0.2) is 39.0 Å². The first-order chi connectivity index (χ1) is 19.0. The quantitative estimate of drug-likeness (QED) is 0.316. The summed E-state index contributed by atoms with van der Waals surface area (Å²) in [4.78, 5) is 21.6. The molecule has 0 unspecified atom stereocenters. The molecule has 0 aliphatic rings. The van der Waals surface area contributed by atoms with Gasteiger partial charge in [-0.15, -0.1) is 0 Å². The fraction of sp³-hybridized carbons (Fsp3) is 0.0800. The zero-order chi connectivity index (χ0) is 28.3. The first kappa shape index (κ1) is 25.0. The number of aromatic nitrogens is 7. The Balaban J connectivity index is 1.60. The van der Waals surface area contributed by atoms with Gasteiger partial charge in [0.25, 0.3) is 5.56 Å². The highest BCUT2D eigenvalue weighted by Crippen LogP contribution is 2.34. The van der Waals surface area contributed by atoms with Gasteiger partial charge in [-0.3, -0.25) is 9.36 Å². The maximum absolute atomic E-state index is 14.1. The Hall–Kier alpha value is -5.34. The summed E-state index contributed by atoms with van der Waals surface area (Å²) in [5.74, 6) is -3.86. The molecular formula is C25H15F5N8O2. The molecule has 0 fully saturated rings. The summed E-state index contributed by atoms with van der Waals surface area (Å²) >= 11 is 0. The van der Waals surface area contributed by atoms with Gasteiger partial charge in [0, 0.05) is 11.8 Å². The van der Waals surface area contributed by atoms with E-state index in [2.05, 4.69) is 20.2 Å². The van der Waals surface area contributed by atoms with Gasteiger partial charge < -0.3 is 10.8 Å². The Morgan fingerprint density at radius 3 is 2.45 bits per heavy atom. The third-order valence-electron chi connectivity index (χ3n) is 6.21. The number of hydrogen-bond donors (Lipinski definition) is 2. The summed E-state index contributed by atoms with van der Waals surface area (Å²) in [6.07, 6.45) is -2.65. The summed E-state index contributed by atoms with van der Waals surface area (Å²) < 4.78 is 72.0. The lowest BCUT2D eigenvalue weighted by molar-refractivity contribution is -0.136. The van der Waals surface area contributed by atoms with E-state index in [4.69, 9.17) is 5.73 Å². The van der Waals surface area contributed by atoms with Crippen molar-refractivity contribution in [2.24, 2.45) is 0 Å². The molecule has 0 saturated carbocycles. The Morgan fingerprint density at radius 1 is 1.00 bits per heavy atom. The third kappa shape index (κ3) is 3.90. The van der Waals surface area contributed by atoms with Gasteiger partial charge >= 0.3 is 6.18 Å². The Bertz CT molecular complexity index is 1970. The van der Waals surface area contributed by atoms with Crippen molar-refractivity contribution in [3.8, 4) is 22.7 Å². The lowest BCUT2D eigenvalue weighted by Crippen LogP contribution is -2.29. The van der Waals surface area contributed by atoms with Crippen LogP contribution in [0.5, 0.6) is 5.75 Å². The lowest BCUT2D eigenvalue weighted by atomic mass is 10.1. The minimum atomic E-state index is -4.80. The molecule has 0 aliphatic heterocycles. The molecular weight excluding hydrogens is 539 g/mol. The number of para-hydroxylation sites is 1. The number of phenolic OH excluding ortho intramolecular Hbond substituents is 1. The number of anilines is 1. The molecule has 202 valence electrons. The molecule has 0 atom stereocenters. The van der Waals surface area contributed by atoms with Gasteiger partial charge in [0.05, 0.1) is 16.6 Å². The van der Waals surface area contributed by atoms with Crippen molar-refractivity contribution in [2.45, 2.75) is 12.7 Å². The van der Waals surface area contributed by atoms with E-state index in [-0.39, 0.29) is 46.2 Å². The van der Waals surface area contributed by atoms with Crippen molar-refractivity contribution >= 4 is 22.4 Å². The van der Waals surface area contributed by atoms with Crippen LogP contribution in [0.4, 0.5) is 27.8 Å². The lowest BCUT2D eigenvalue weighted by Gasteiger charge is -2.14. The highest BCUT2D eigenvalue weighted by molar-refractivity contribution is 5.98. The Kier molecular flexibility index (Phi) is 5.53. The molecule has 0 bridgehead atoms. The van der Waals surface area contributed by atoms with Crippen molar-refractivity contribution in [3.63, 3.8) is 0 Å². The number of aromatic hydroxyl groups is 1. The van der Waals surface area contributed by atoms with Crippen LogP contribution >= 0.6 is 0 Å². The first-order valence-electron chi connectivity index (χ1n) is 11.5. The third-order valence-corrected chi connectivity index (χ3v) is 6.21. The minimum absolute atomic E-state index is 0.0164. The molecule has 0 saturated heterocycles. The van der Waals surface area contributed by atoms with E-state index in [0.717, 1.165) is 39.8 Å². The highest BCUT2D eigenvalue weighted by Gasteiger charge is 2.36. The predicted octanol–water partition coefficient (Wildman–Crippen LogP) is 3.93. The van der Waals surface area contributed by atoms with Crippen LogP contribution in [0.15, 0.2) is 65.8 Å². The number of alkyl halides is 3. The molecule has 0 spiro atoms. The predicted molar refractivity (Wildman–Crippen MR) is 132 cm³/mol. The van der Waals surface area contributed by atoms with Crippen molar-refractivity contribution in [1.82, 2.24) is 33.9 Å². The zero-order valence-corrected chi connectivity index (χ0v) is 19.9. The van der Waals surface area contributed by atoms with E-state index >= 15 is 0 Å². The molecule has 0 aliphatic carbocycles. The molecule has 40 heavy (non-hydrogen) atoms. The zero-order valence-electron chi connectivity index (χ0n) is 19.9. The Morgan fingerprint density at radius 2 is 1.75 bits per heavy atom. The number of nitrogens with two attached hydrogens (primary N) is 1. The first-order valence-corrected chi connectivity index (χ1v) is 11.5. The van der Waals surface area contributed by atoms with Crippen LogP contribution in [-0.2, 0) is 12.7 Å². The van der Waals surface area contributed by atoms with Crippen molar-refractivity contribution in [2.75, 3.05) is 5.73 Å². The average molecular weight is 554 g/mol. The van der Waals surface area contributed by atoms with E-state index in [9.17, 15) is 31.9 Å². The summed E-state index contributed by atoms with van der Waals surface area (Å²) in [7, 11) is 0. The average Bonchev–Trinajstić information content (AvgIpc) is 3.51. The second-order valence-electron chi connectivity index (χ2n) is 8.67. The van der Waals surface area contributed by atoms with E-state index in [1.165, 1.54) is 16.8 Å². The van der Waals surface area contributed by atoms with Crippen molar-refractivity contribution in [3.05, 3.63) is 94.4 Å². The van der Waals surface area contributed by atoms with Crippen molar-refractivity contribution < 1.29 is 27.1 Å². The summed E-state index contributed by atoms with van der Waals surface area (Å²) in [5.41, 5.74) is 3.53. The number of hydrogen-bond acceptors (Lipinski definition) is 7. The Labute approximate surface area is 219 Å². The highest BCUT2D eigenvalue weighted by atomic mass is 19.4. The van der Waals surface area contributed by atoms with Gasteiger partial charge in [0.1, 0.15) is 29.9 Å². The molecule has 3 N–H and O–H groups in total. The van der Waals surface area contributed by atoms with Gasteiger partial charge in [-0.05, 0) is 30.3 Å². The maximum atomic E-state index is 14.1. The molecule has 15 heteroatoms. The fourth-order valence-corrected chi connectivity index (χ4v) is 4.47. The van der Waals surface area contributed by atoms with Gasteiger partial charge in [-0.1, -0.05) is 18.2 Å². The topological polar surface area (TPSA) is 129 Å². The number of nitrogen functional groups attached to an aromatic ring is 1. The normalized spacial score (nSPS) is 12.0. The smallest absolute Gasteiger partial charge is 0.418 e. The number of nitrogens with zero attached hydrogens (tertiary/aromatic N) is 7. The van der Waals surface area contributed by atoms with Gasteiger partial charge in [0.2, 0.25) is 0 Å². The maximum Gasteiger partial charge on any atom is 0.418 e. The number of halogens is 5. The van der Waals surface area contributed by atoms with E-state index in [0.29, 0.717) is 0 Å². The largest absolute Gasteiger partial charge is 0.505 e. The standard InChI is InChI=1S/C25H15F5N8O2/c26-15-8-12(9-16(39)19(15)27)20-18-22(31)32-11-33-23(18)37(35-20)10-17-34-36-7-6-14(25(28,29)30)21(36)24(40)38(17)13-4-2-1-3-5-13/h1-9,11,39H,10H2,(H2,31,32,33). The van der Waals surface area contributed by atoms with Crippen molar-refractivity contribution in [1.29, 1.82) is 0 Å². The van der Waals surface area contributed by atoms with Gasteiger partial charge in [-0.25, -0.2) is 23.6 Å². The molecule has 4 heterocycles. The van der Waals surface area contributed by atoms with Crippen LogP contribution in [0.1, 0.15) is 11.4 Å². The number of phenols is 1. The van der Waals surface area contributed by atoms with Gasteiger partial charge in [-0.2, -0.15) is 27.8 Å². The number of rotatable bonds is 4. The van der Waals surface area contributed by atoms with Crippen LogP contribution in [0, 0.1) is 11.6 Å². The van der Waals surface area contributed by atoms with Crippen LogP contribution < -0.4 is 11.3 Å². The summed E-state index contributed by atoms with van der Waals surface area (Å²) in [5, 5.41) is 18.7. The molecule has 2 aromatic carbocycles. The summed E-state index contributed by atoms with van der Waals surface area (Å²) in [6.45, 7) is -0.317. The summed E-state index contributed by atoms with van der Waals surface area (Å²) in [6, 6.07) is 10.4. The molecule has 4 aromatic heterocycles. The SMILES string of the molecule is Nc1ncnc2c1c(-c1cc(O)c(F)c(F)c1)nn2Cc1nn2ccc(C(F)(F)F)c2c(=O)n1-c1ccccc1. The molecule has 6 rings (SSSR count). The van der Waals surface area contributed by atoms with E-state index < -0.39 is 40.2 Å². The number of fused-ring (bicyclic) bond motifs is 2. The minimum Gasteiger partial charge on any atom is -0.505 e. The molecule has 6 aromatic rings. The van der Waals surface area contributed by atoms with Crippen LogP contribution in [0.25, 0.3) is 33.5 Å². The van der Waals surface area contributed by atoms with Gasteiger partial charge in [0.15, 0.2) is 28.9 Å². The molecule has 10 nitrogen and oxygen atoms in total. The second kappa shape index (κ2) is 8.86. The van der Waals surface area contributed by atoms with E-state index in [1.807, 2.05) is 0 Å². The fourth-order valence-electron chi connectivity index (χ4n) is 4.47. The van der Waals surface area contributed by atoms with E-state index in [1.54, 1.807) is 18.2 Å². The number of benzene rings is 2. The molecule has 0 amide bonds. The second-order valence-corrected chi connectivity index (χ2v) is 8.67. The van der Waals surface area contributed by atoms with Crippen LogP contribution in [0.3, 0.4) is 0 Å². The molecule has 0 radical (unpaired) electrons.